The minimum Gasteiger partial charge on any atom is -0.437 e. The smallest absolute Gasteiger partial charge is 0.238 e. The predicted octanol–water partition coefficient (Wildman–Crippen LogP) is 15.1. The van der Waals surface area contributed by atoms with Crippen LogP contribution >= 0.6 is 0 Å². The lowest BCUT2D eigenvalue weighted by molar-refractivity contribution is 0.651. The van der Waals surface area contributed by atoms with Gasteiger partial charge in [-0.2, -0.15) is 4.98 Å². The van der Waals surface area contributed by atoms with Gasteiger partial charge in [-0.25, -0.2) is 4.98 Å². The Morgan fingerprint density at radius 2 is 0.938 bits per heavy atom. The molecular formula is C58H33N5O. The largest absolute Gasteiger partial charge is 0.437 e. The summed E-state index contributed by atoms with van der Waals surface area (Å²) in [5.41, 5.74) is 14.6. The van der Waals surface area contributed by atoms with Crippen molar-refractivity contribution < 1.29 is 4.42 Å². The second kappa shape index (κ2) is 12.4. The maximum atomic E-state index is 6.72. The molecule has 0 atom stereocenters. The van der Waals surface area contributed by atoms with Crippen LogP contribution in [0.25, 0.3) is 138 Å². The molecule has 296 valence electrons. The normalized spacial score (nSPS) is 12.4. The molecule has 0 aliphatic rings. The van der Waals surface area contributed by atoms with Gasteiger partial charge in [0, 0.05) is 59.7 Å². The molecule has 6 heteroatoms. The summed E-state index contributed by atoms with van der Waals surface area (Å²) in [5, 5.41) is 11.4. The number of hydrogen-bond acceptors (Lipinski definition) is 3. The molecule has 0 bridgehead atoms. The van der Waals surface area contributed by atoms with Crippen molar-refractivity contribution >= 4 is 104 Å². The van der Waals surface area contributed by atoms with E-state index in [4.69, 9.17) is 14.4 Å². The minimum absolute atomic E-state index is 0.552. The van der Waals surface area contributed by atoms with Crippen molar-refractivity contribution in [3.8, 4) is 34.0 Å². The molecule has 6 nitrogen and oxygen atoms in total. The van der Waals surface area contributed by atoms with E-state index in [1.54, 1.807) is 0 Å². The van der Waals surface area contributed by atoms with Crippen molar-refractivity contribution in [3.63, 3.8) is 0 Å². The van der Waals surface area contributed by atoms with Gasteiger partial charge in [0.25, 0.3) is 0 Å². The second-order valence-electron chi connectivity index (χ2n) is 16.9. The molecule has 0 amide bonds. The Hall–Kier alpha value is -8.74. The van der Waals surface area contributed by atoms with Gasteiger partial charge in [-0.3, -0.25) is 4.57 Å². The first kappa shape index (κ1) is 33.9. The Bertz CT molecular complexity index is 4420. The van der Waals surface area contributed by atoms with Gasteiger partial charge in [0.15, 0.2) is 0 Å². The zero-order valence-corrected chi connectivity index (χ0v) is 34.2. The van der Waals surface area contributed by atoms with Crippen LogP contribution in [0, 0.1) is 0 Å². The lowest BCUT2D eigenvalue weighted by Crippen LogP contribution is -2.03. The van der Waals surface area contributed by atoms with Crippen molar-refractivity contribution in [2.45, 2.75) is 0 Å². The fourth-order valence-electron chi connectivity index (χ4n) is 10.9. The number of fused-ring (bicyclic) bond motifs is 16. The van der Waals surface area contributed by atoms with E-state index in [1.165, 1.54) is 54.4 Å². The van der Waals surface area contributed by atoms with Gasteiger partial charge >= 0.3 is 0 Å². The molecule has 9 aromatic carbocycles. The molecule has 6 aromatic heterocycles. The first-order chi connectivity index (χ1) is 31.8. The van der Waals surface area contributed by atoms with E-state index < -0.39 is 0 Å². The summed E-state index contributed by atoms with van der Waals surface area (Å²) in [4.78, 5) is 11.1. The summed E-state index contributed by atoms with van der Waals surface area (Å²) in [6, 6.07) is 71.7. The second-order valence-corrected chi connectivity index (χ2v) is 16.9. The van der Waals surface area contributed by atoms with Crippen LogP contribution < -0.4 is 0 Å². The maximum Gasteiger partial charge on any atom is 0.238 e. The molecule has 0 spiro atoms. The Morgan fingerprint density at radius 3 is 1.73 bits per heavy atom. The molecule has 15 aromatic rings. The first-order valence-corrected chi connectivity index (χ1v) is 21.7. The highest BCUT2D eigenvalue weighted by atomic mass is 16.3. The molecule has 6 heterocycles. The lowest BCUT2D eigenvalue weighted by atomic mass is 9.99. The average Bonchev–Trinajstić information content (AvgIpc) is 4.15. The van der Waals surface area contributed by atoms with Crippen LogP contribution in [0.5, 0.6) is 0 Å². The van der Waals surface area contributed by atoms with E-state index in [1.807, 2.05) is 12.1 Å². The standard InChI is InChI=1S/C58H33N5O/c1-3-15-34(16-4-1)35-27-29-49-44(31-35)52-50(33-43-39-20-8-12-24-46(39)62-47-25-13-9-21-40(47)53(52)56(43)62)63(49)58-59-55(54-41-22-10-14-26-51(41)64-57(54)60-58)36-28-30-48-42(32-36)38-19-7-11-23-45(38)61(48)37-17-5-2-6-18-37/h1-33H. The van der Waals surface area contributed by atoms with Crippen molar-refractivity contribution in [2.24, 2.45) is 0 Å². The Morgan fingerprint density at radius 1 is 0.344 bits per heavy atom. The number of furan rings is 1. The van der Waals surface area contributed by atoms with Crippen LogP contribution in [-0.4, -0.2) is 23.5 Å². The fourth-order valence-corrected chi connectivity index (χ4v) is 10.9. The van der Waals surface area contributed by atoms with E-state index in [2.05, 4.69) is 202 Å². The average molecular weight is 816 g/mol. The van der Waals surface area contributed by atoms with Gasteiger partial charge in [0.1, 0.15) is 5.58 Å². The number of para-hydroxylation sites is 5. The highest BCUT2D eigenvalue weighted by Crippen LogP contribution is 2.48. The lowest BCUT2D eigenvalue weighted by Gasteiger charge is -2.11. The van der Waals surface area contributed by atoms with Gasteiger partial charge in [-0.15, -0.1) is 0 Å². The van der Waals surface area contributed by atoms with E-state index in [-0.39, 0.29) is 0 Å². The van der Waals surface area contributed by atoms with E-state index in [0.29, 0.717) is 11.7 Å². The highest BCUT2D eigenvalue weighted by molar-refractivity contribution is 6.36. The van der Waals surface area contributed by atoms with E-state index in [0.717, 1.165) is 71.7 Å². The van der Waals surface area contributed by atoms with Crippen LogP contribution in [0.4, 0.5) is 0 Å². The predicted molar refractivity (Wildman–Crippen MR) is 264 cm³/mol. The molecule has 0 aliphatic heterocycles. The Labute approximate surface area is 364 Å². The monoisotopic (exact) mass is 815 g/mol. The zero-order valence-electron chi connectivity index (χ0n) is 34.2. The van der Waals surface area contributed by atoms with Crippen molar-refractivity contribution in [1.29, 1.82) is 0 Å². The molecule has 0 saturated heterocycles. The third-order valence-electron chi connectivity index (χ3n) is 13.6. The zero-order chi connectivity index (χ0) is 41.6. The molecule has 0 radical (unpaired) electrons. The molecular weight excluding hydrogens is 783 g/mol. The van der Waals surface area contributed by atoms with Crippen molar-refractivity contribution in [3.05, 3.63) is 200 Å². The fraction of sp³-hybridized carbons (Fsp3) is 0. The first-order valence-electron chi connectivity index (χ1n) is 21.7. The summed E-state index contributed by atoms with van der Waals surface area (Å²) in [6.07, 6.45) is 0. The Kier molecular flexibility index (Phi) is 6.59. The summed E-state index contributed by atoms with van der Waals surface area (Å²) in [7, 11) is 0. The third kappa shape index (κ3) is 4.43. The van der Waals surface area contributed by atoms with E-state index >= 15 is 0 Å². The van der Waals surface area contributed by atoms with Gasteiger partial charge in [-0.1, -0.05) is 133 Å². The van der Waals surface area contributed by atoms with Crippen molar-refractivity contribution in [2.75, 3.05) is 0 Å². The third-order valence-corrected chi connectivity index (χ3v) is 13.6. The van der Waals surface area contributed by atoms with Gasteiger partial charge in [0.05, 0.1) is 49.7 Å². The molecule has 0 fully saturated rings. The summed E-state index contributed by atoms with van der Waals surface area (Å²) in [5.74, 6) is 0.558. The summed E-state index contributed by atoms with van der Waals surface area (Å²) < 4.78 is 13.8. The molecule has 64 heavy (non-hydrogen) atoms. The van der Waals surface area contributed by atoms with Crippen LogP contribution in [0.1, 0.15) is 0 Å². The molecule has 0 saturated carbocycles. The SMILES string of the molecule is c1ccc(-c2ccc3c(c2)c2c4c5ccccc5n5c6ccccc6c(cc2n3-c2nc(-c3ccc6c(c3)c3ccccc3n6-c3ccccc3)c3c(n2)oc2ccccc23)c45)cc1. The maximum absolute atomic E-state index is 6.72. The van der Waals surface area contributed by atoms with Crippen LogP contribution in [-0.2, 0) is 0 Å². The molecule has 0 unspecified atom stereocenters. The quantitative estimate of drug-likeness (QED) is 0.178. The number of nitrogens with zero attached hydrogens (tertiary/aromatic N) is 5. The van der Waals surface area contributed by atoms with Gasteiger partial charge in [0.2, 0.25) is 11.7 Å². The topological polar surface area (TPSA) is 53.2 Å². The number of hydrogen-bond donors (Lipinski definition) is 0. The number of benzene rings is 9. The number of aromatic nitrogens is 5. The van der Waals surface area contributed by atoms with Crippen LogP contribution in [0.2, 0.25) is 0 Å². The summed E-state index contributed by atoms with van der Waals surface area (Å²) >= 11 is 0. The minimum atomic E-state index is 0.552. The molecule has 0 aliphatic carbocycles. The summed E-state index contributed by atoms with van der Waals surface area (Å²) in [6.45, 7) is 0. The van der Waals surface area contributed by atoms with Gasteiger partial charge in [-0.05, 0) is 77.9 Å². The van der Waals surface area contributed by atoms with Gasteiger partial charge < -0.3 is 13.4 Å². The van der Waals surface area contributed by atoms with E-state index in [9.17, 15) is 0 Å². The van der Waals surface area contributed by atoms with Crippen molar-refractivity contribution in [1.82, 2.24) is 23.5 Å². The number of rotatable bonds is 4. The molecule has 0 N–H and O–H groups in total. The molecule has 15 rings (SSSR count). The Balaban J connectivity index is 1.09. The highest BCUT2D eigenvalue weighted by Gasteiger charge is 2.27. The van der Waals surface area contributed by atoms with Crippen LogP contribution in [0.3, 0.4) is 0 Å². The van der Waals surface area contributed by atoms with Crippen LogP contribution in [0.15, 0.2) is 205 Å².